The molecule has 61 heavy (non-hydrogen) atoms. The summed E-state index contributed by atoms with van der Waals surface area (Å²) < 4.78 is 24.1. The van der Waals surface area contributed by atoms with E-state index in [0.717, 1.165) is 77.8 Å². The average molecular weight is 825 g/mol. The highest BCUT2D eigenvalue weighted by atomic mass is 28.3. The van der Waals surface area contributed by atoms with Gasteiger partial charge in [-0.25, -0.2) is 0 Å². The molecule has 0 aliphatic heterocycles. The predicted octanol–water partition coefficient (Wildman–Crippen LogP) is 14.6. The van der Waals surface area contributed by atoms with E-state index in [1.807, 2.05) is 24.3 Å². The van der Waals surface area contributed by atoms with Gasteiger partial charge in [-0.2, -0.15) is 0 Å². The largest absolute Gasteiger partial charge is 0.457 e. The fourth-order valence-electron chi connectivity index (χ4n) is 9.46. The Balaban J connectivity index is 1.01. The molecule has 4 aromatic heterocycles. The molecule has 0 saturated heterocycles. The van der Waals surface area contributed by atoms with Crippen molar-refractivity contribution < 1.29 is 13.6 Å². The van der Waals surface area contributed by atoms with Gasteiger partial charge in [-0.1, -0.05) is 110 Å². The van der Waals surface area contributed by atoms with E-state index < -0.39 is 16.1 Å². The van der Waals surface area contributed by atoms with Gasteiger partial charge in [0.05, 0.1) is 38.2 Å². The van der Waals surface area contributed by atoms with Crippen LogP contribution in [0.5, 0.6) is 11.5 Å². The van der Waals surface area contributed by atoms with E-state index in [9.17, 15) is 0 Å². The molecule has 0 radical (unpaired) electrons. The molecule has 296 valence electrons. The first-order chi connectivity index (χ1) is 29.5. The molecule has 0 unspecified atom stereocenters. The summed E-state index contributed by atoms with van der Waals surface area (Å²) in [7, 11) is -3.21. The molecular formula is C54H44N2O3Si2. The monoisotopic (exact) mass is 824 g/mol. The van der Waals surface area contributed by atoms with Gasteiger partial charge in [-0.05, 0) is 97.1 Å². The fourth-order valence-corrected chi connectivity index (χ4v) is 11.8. The van der Waals surface area contributed by atoms with Gasteiger partial charge in [0, 0.05) is 54.5 Å². The zero-order valence-electron chi connectivity index (χ0n) is 35.1. The summed E-state index contributed by atoms with van der Waals surface area (Å²) in [5.41, 5.74) is 10.4. The van der Waals surface area contributed by atoms with Crippen LogP contribution in [0.4, 0.5) is 0 Å². The topological polar surface area (TPSA) is 45.4 Å². The maximum atomic E-state index is 6.88. The van der Waals surface area contributed by atoms with Gasteiger partial charge in [0.25, 0.3) is 0 Å². The molecule has 0 atom stereocenters. The van der Waals surface area contributed by atoms with Gasteiger partial charge < -0.3 is 22.7 Å². The second-order valence-electron chi connectivity index (χ2n) is 18.7. The van der Waals surface area contributed by atoms with Crippen molar-refractivity contribution in [1.82, 2.24) is 9.13 Å². The third-order valence-corrected chi connectivity index (χ3v) is 16.8. The van der Waals surface area contributed by atoms with E-state index in [1.54, 1.807) is 0 Å². The van der Waals surface area contributed by atoms with Gasteiger partial charge in [0.1, 0.15) is 33.8 Å². The first kappa shape index (κ1) is 36.1. The molecule has 0 spiro atoms. The van der Waals surface area contributed by atoms with Gasteiger partial charge in [0.2, 0.25) is 0 Å². The number of fused-ring (bicyclic) bond motifs is 12. The summed E-state index contributed by atoms with van der Waals surface area (Å²) in [5, 5.41) is 12.2. The Kier molecular flexibility index (Phi) is 7.60. The minimum atomic E-state index is -1.61. The Morgan fingerprint density at radius 2 is 0.721 bits per heavy atom. The number of rotatable bonds is 6. The molecule has 12 aromatic rings. The van der Waals surface area contributed by atoms with Crippen LogP contribution in [0, 0.1) is 0 Å². The summed E-state index contributed by atoms with van der Waals surface area (Å²) in [6.45, 7) is 14.5. The molecule has 0 amide bonds. The molecule has 8 aromatic carbocycles. The van der Waals surface area contributed by atoms with Crippen LogP contribution in [-0.4, -0.2) is 25.3 Å². The van der Waals surface area contributed by atoms with Crippen LogP contribution >= 0.6 is 0 Å². The van der Waals surface area contributed by atoms with E-state index in [2.05, 4.69) is 182 Å². The van der Waals surface area contributed by atoms with E-state index in [1.165, 1.54) is 43.0 Å². The van der Waals surface area contributed by atoms with Crippen molar-refractivity contribution in [3.8, 4) is 22.9 Å². The van der Waals surface area contributed by atoms with Gasteiger partial charge in [-0.3, -0.25) is 0 Å². The predicted molar refractivity (Wildman–Crippen MR) is 262 cm³/mol. The van der Waals surface area contributed by atoms with Crippen LogP contribution in [0.3, 0.4) is 0 Å². The highest BCUT2D eigenvalue weighted by Gasteiger charge is 2.23. The van der Waals surface area contributed by atoms with Gasteiger partial charge >= 0.3 is 0 Å². The Labute approximate surface area is 355 Å². The number of ether oxygens (including phenoxy) is 1. The molecular weight excluding hydrogens is 781 g/mol. The van der Waals surface area contributed by atoms with Crippen molar-refractivity contribution in [3.63, 3.8) is 0 Å². The van der Waals surface area contributed by atoms with Crippen molar-refractivity contribution in [3.05, 3.63) is 158 Å². The van der Waals surface area contributed by atoms with Gasteiger partial charge in [0.15, 0.2) is 0 Å². The van der Waals surface area contributed by atoms with Crippen LogP contribution in [0.1, 0.15) is 0 Å². The van der Waals surface area contributed by atoms with Crippen LogP contribution in [0.25, 0.3) is 98.9 Å². The second kappa shape index (κ2) is 12.8. The lowest BCUT2D eigenvalue weighted by Gasteiger charge is -2.17. The smallest absolute Gasteiger partial charge is 0.135 e. The van der Waals surface area contributed by atoms with E-state index in [0.29, 0.717) is 0 Å². The molecule has 0 N–H and O–H groups in total. The van der Waals surface area contributed by atoms with E-state index in [-0.39, 0.29) is 0 Å². The molecule has 0 aliphatic carbocycles. The molecule has 12 rings (SSSR count). The standard InChI is InChI=1S/C54H44N2O3Si2/c1-60(2,3)37-19-23-49-43(31-37)41-29-35(17-21-47(41)55(49)33-15-25-53-45(27-33)39-11-7-9-13-51(39)58-53)57-36-18-22-48-42(30-36)44-32-38(61(4,5)6)20-24-50(44)56(48)34-16-26-54-46(28-34)40-12-8-10-14-52(40)59-54/h7-32H,1-6H3. The molecule has 0 saturated carbocycles. The fraction of sp³-hybridized carbons (Fsp3) is 0.111. The summed E-state index contributed by atoms with van der Waals surface area (Å²) in [6.07, 6.45) is 0. The third kappa shape index (κ3) is 5.64. The SMILES string of the molecule is C[Si](C)(C)c1ccc2c(c1)c1cc(Oc3ccc4c(c3)c3cc([Si](C)(C)C)ccc3n4-c3ccc4oc5ccccc5c4c3)ccc1n2-c1ccc2oc3ccccc3c2c1. The second-order valence-corrected chi connectivity index (χ2v) is 28.8. The minimum Gasteiger partial charge on any atom is -0.457 e. The Hall–Kier alpha value is -6.81. The van der Waals surface area contributed by atoms with Crippen molar-refractivity contribution >= 4 is 114 Å². The number of hydrogen-bond acceptors (Lipinski definition) is 3. The zero-order chi connectivity index (χ0) is 41.4. The number of benzene rings is 8. The molecule has 5 nitrogen and oxygen atoms in total. The lowest BCUT2D eigenvalue weighted by atomic mass is 10.1. The summed E-state index contributed by atoms with van der Waals surface area (Å²) in [5.74, 6) is 1.62. The third-order valence-electron chi connectivity index (χ3n) is 12.7. The average Bonchev–Trinajstić information content (AvgIpc) is 3.99. The maximum absolute atomic E-state index is 6.88. The van der Waals surface area contributed by atoms with Crippen LogP contribution in [0.2, 0.25) is 39.3 Å². The lowest BCUT2D eigenvalue weighted by molar-refractivity contribution is 0.484. The quantitative estimate of drug-likeness (QED) is 0.157. The minimum absolute atomic E-state index is 0.810. The molecule has 4 heterocycles. The van der Waals surface area contributed by atoms with Crippen LogP contribution in [-0.2, 0) is 0 Å². The molecule has 0 fully saturated rings. The molecule has 0 bridgehead atoms. The normalized spacial score (nSPS) is 12.8. The highest BCUT2D eigenvalue weighted by molar-refractivity contribution is 6.89. The lowest BCUT2D eigenvalue weighted by Crippen LogP contribution is -2.37. The number of nitrogens with zero attached hydrogens (tertiary/aromatic N) is 2. The summed E-state index contributed by atoms with van der Waals surface area (Å²) >= 11 is 0. The number of hydrogen-bond donors (Lipinski definition) is 0. The Bertz CT molecular complexity index is 3530. The first-order valence-corrected chi connectivity index (χ1v) is 28.1. The molecule has 7 heteroatoms. The van der Waals surface area contributed by atoms with Crippen molar-refractivity contribution in [1.29, 1.82) is 0 Å². The molecule has 0 aliphatic rings. The Morgan fingerprint density at radius 3 is 1.15 bits per heavy atom. The highest BCUT2D eigenvalue weighted by Crippen LogP contribution is 2.40. The van der Waals surface area contributed by atoms with Crippen LogP contribution < -0.4 is 15.1 Å². The van der Waals surface area contributed by atoms with Crippen molar-refractivity contribution in [2.75, 3.05) is 0 Å². The summed E-state index contributed by atoms with van der Waals surface area (Å²) in [4.78, 5) is 0. The number of para-hydroxylation sites is 2. The number of aromatic nitrogens is 2. The maximum Gasteiger partial charge on any atom is 0.135 e. The van der Waals surface area contributed by atoms with E-state index >= 15 is 0 Å². The number of furan rings is 2. The van der Waals surface area contributed by atoms with E-state index in [4.69, 9.17) is 13.6 Å². The summed E-state index contributed by atoms with van der Waals surface area (Å²) in [6, 6.07) is 57.0. The first-order valence-electron chi connectivity index (χ1n) is 21.1. The van der Waals surface area contributed by atoms with Gasteiger partial charge in [-0.15, -0.1) is 0 Å². The van der Waals surface area contributed by atoms with Crippen molar-refractivity contribution in [2.24, 2.45) is 0 Å². The Morgan fingerprint density at radius 1 is 0.344 bits per heavy atom. The van der Waals surface area contributed by atoms with Crippen molar-refractivity contribution in [2.45, 2.75) is 39.3 Å². The van der Waals surface area contributed by atoms with Crippen LogP contribution in [0.15, 0.2) is 167 Å². The zero-order valence-corrected chi connectivity index (χ0v) is 37.1.